The van der Waals surface area contributed by atoms with Crippen LogP contribution in [-0.4, -0.2) is 40.5 Å². The maximum Gasteiger partial charge on any atom is 0.341 e. The van der Waals surface area contributed by atoms with E-state index < -0.39 is 0 Å². The van der Waals surface area contributed by atoms with Crippen LogP contribution in [0.5, 0.6) is 0 Å². The molecule has 0 N–H and O–H groups in total. The van der Waals surface area contributed by atoms with Gasteiger partial charge >= 0.3 is 5.97 Å². The van der Waals surface area contributed by atoms with Gasteiger partial charge in [-0.3, -0.25) is 4.90 Å². The van der Waals surface area contributed by atoms with Crippen LogP contribution in [0, 0.1) is 0 Å². The second-order valence-electron chi connectivity index (χ2n) is 5.55. The number of carbonyl (C=O) groups excluding carboxylic acids is 1. The van der Waals surface area contributed by atoms with Crippen LogP contribution in [0.2, 0.25) is 0 Å². The summed E-state index contributed by atoms with van der Waals surface area (Å²) in [5, 5.41) is 0. The third-order valence-corrected chi connectivity index (χ3v) is 4.10. The van der Waals surface area contributed by atoms with E-state index in [1.807, 2.05) is 22.9 Å². The summed E-state index contributed by atoms with van der Waals surface area (Å²) in [6.45, 7) is 3.17. The fraction of sp³-hybridized carbons (Fsp3) is 0.500. The van der Waals surface area contributed by atoms with Crippen molar-refractivity contribution >= 4 is 11.6 Å². The van der Waals surface area contributed by atoms with Crippen LogP contribution in [0.4, 0.5) is 0 Å². The van der Waals surface area contributed by atoms with E-state index in [9.17, 15) is 4.79 Å². The first-order chi connectivity index (χ1) is 10.3. The van der Waals surface area contributed by atoms with Gasteiger partial charge in [-0.05, 0) is 38.1 Å². The van der Waals surface area contributed by atoms with Crippen molar-refractivity contribution in [1.29, 1.82) is 0 Å². The summed E-state index contributed by atoms with van der Waals surface area (Å²) in [7, 11) is 1.40. The summed E-state index contributed by atoms with van der Waals surface area (Å²) in [6.07, 6.45) is 9.02. The standard InChI is InChI=1S/C16H21N3O2/c1-21-16(20)14-7-6-10-19-13(11-17-15(14)19)12-18-8-4-2-3-5-9-18/h6-7,10-11H,2-5,8-9,12H2,1H3. The van der Waals surface area contributed by atoms with Crippen LogP contribution in [-0.2, 0) is 11.3 Å². The number of likely N-dealkylation sites (tertiary alicyclic amines) is 1. The monoisotopic (exact) mass is 287 g/mol. The second kappa shape index (κ2) is 6.26. The Morgan fingerprint density at radius 3 is 2.76 bits per heavy atom. The van der Waals surface area contributed by atoms with Crippen molar-refractivity contribution in [3.8, 4) is 0 Å². The predicted molar refractivity (Wildman–Crippen MR) is 80.3 cm³/mol. The highest BCUT2D eigenvalue weighted by atomic mass is 16.5. The molecule has 0 bridgehead atoms. The molecule has 0 spiro atoms. The number of fused-ring (bicyclic) bond motifs is 1. The first kappa shape index (κ1) is 14.1. The molecule has 1 fully saturated rings. The average molecular weight is 287 g/mol. The summed E-state index contributed by atoms with van der Waals surface area (Å²) in [4.78, 5) is 18.7. The lowest BCUT2D eigenvalue weighted by molar-refractivity contribution is 0.0602. The van der Waals surface area contributed by atoms with E-state index in [4.69, 9.17) is 4.74 Å². The second-order valence-corrected chi connectivity index (χ2v) is 5.55. The first-order valence-electron chi connectivity index (χ1n) is 7.55. The number of hydrogen-bond acceptors (Lipinski definition) is 4. The molecular weight excluding hydrogens is 266 g/mol. The molecule has 112 valence electrons. The lowest BCUT2D eigenvalue weighted by Gasteiger charge is -2.19. The van der Waals surface area contributed by atoms with E-state index in [0.29, 0.717) is 11.2 Å². The Bertz CT molecular complexity index is 627. The number of aromatic nitrogens is 2. The van der Waals surface area contributed by atoms with Crippen LogP contribution < -0.4 is 0 Å². The number of esters is 1. The molecule has 0 atom stereocenters. The molecule has 0 radical (unpaired) electrons. The molecule has 1 aliphatic heterocycles. The van der Waals surface area contributed by atoms with Crippen LogP contribution in [0.3, 0.4) is 0 Å². The van der Waals surface area contributed by atoms with Crippen LogP contribution >= 0.6 is 0 Å². The normalized spacial score (nSPS) is 16.8. The van der Waals surface area contributed by atoms with Gasteiger partial charge in [-0.2, -0.15) is 0 Å². The van der Waals surface area contributed by atoms with Gasteiger partial charge in [0.1, 0.15) is 5.56 Å². The zero-order chi connectivity index (χ0) is 14.7. The van der Waals surface area contributed by atoms with Gasteiger partial charge in [0.15, 0.2) is 5.65 Å². The number of pyridine rings is 1. The molecule has 0 amide bonds. The zero-order valence-electron chi connectivity index (χ0n) is 12.4. The molecule has 5 nitrogen and oxygen atoms in total. The van der Waals surface area contributed by atoms with Gasteiger partial charge in [-0.1, -0.05) is 12.8 Å². The molecule has 0 aliphatic carbocycles. The fourth-order valence-electron chi connectivity index (χ4n) is 2.97. The minimum Gasteiger partial charge on any atom is -0.465 e. The molecule has 3 heterocycles. The van der Waals surface area contributed by atoms with Gasteiger partial charge in [0.2, 0.25) is 0 Å². The Hall–Kier alpha value is -1.88. The molecule has 1 aliphatic rings. The topological polar surface area (TPSA) is 46.8 Å². The van der Waals surface area contributed by atoms with Crippen molar-refractivity contribution in [2.75, 3.05) is 20.2 Å². The summed E-state index contributed by atoms with van der Waals surface area (Å²) in [5.41, 5.74) is 2.31. The van der Waals surface area contributed by atoms with Gasteiger partial charge < -0.3 is 9.14 Å². The lowest BCUT2D eigenvalue weighted by Crippen LogP contribution is -2.24. The first-order valence-corrected chi connectivity index (χ1v) is 7.55. The predicted octanol–water partition coefficient (Wildman–Crippen LogP) is 2.50. The number of rotatable bonds is 3. The Kier molecular flexibility index (Phi) is 4.20. The van der Waals surface area contributed by atoms with E-state index in [-0.39, 0.29) is 5.97 Å². The fourth-order valence-corrected chi connectivity index (χ4v) is 2.97. The Morgan fingerprint density at radius 2 is 2.05 bits per heavy atom. The van der Waals surface area contributed by atoms with Crippen molar-refractivity contribution in [1.82, 2.24) is 14.3 Å². The average Bonchev–Trinajstić information content (AvgIpc) is 2.74. The van der Waals surface area contributed by atoms with Crippen LogP contribution in [0.25, 0.3) is 5.65 Å². The Labute approximate surface area is 124 Å². The van der Waals surface area contributed by atoms with E-state index in [2.05, 4.69) is 9.88 Å². The molecule has 0 aromatic carbocycles. The molecule has 2 aromatic heterocycles. The number of methoxy groups -OCH3 is 1. The zero-order valence-corrected chi connectivity index (χ0v) is 12.4. The van der Waals surface area contributed by atoms with Gasteiger partial charge in [-0.15, -0.1) is 0 Å². The lowest BCUT2D eigenvalue weighted by atomic mass is 10.2. The Balaban J connectivity index is 1.88. The molecular formula is C16H21N3O2. The Morgan fingerprint density at radius 1 is 1.29 bits per heavy atom. The minimum atomic E-state index is -0.340. The molecule has 3 rings (SSSR count). The molecule has 1 saturated heterocycles. The largest absolute Gasteiger partial charge is 0.465 e. The highest BCUT2D eigenvalue weighted by Gasteiger charge is 2.16. The summed E-state index contributed by atoms with van der Waals surface area (Å²) >= 11 is 0. The van der Waals surface area contributed by atoms with Crippen LogP contribution in [0.15, 0.2) is 24.5 Å². The maximum atomic E-state index is 11.8. The number of ether oxygens (including phenoxy) is 1. The van der Waals surface area contributed by atoms with Crippen molar-refractivity contribution in [3.63, 3.8) is 0 Å². The number of carbonyl (C=O) groups is 1. The third-order valence-electron chi connectivity index (χ3n) is 4.10. The van der Waals surface area contributed by atoms with Crippen LogP contribution in [0.1, 0.15) is 41.7 Å². The van der Waals surface area contributed by atoms with Gasteiger partial charge in [0.05, 0.1) is 19.0 Å². The highest BCUT2D eigenvalue weighted by Crippen LogP contribution is 2.17. The highest BCUT2D eigenvalue weighted by molar-refractivity contribution is 5.95. The van der Waals surface area contributed by atoms with Crippen molar-refractivity contribution in [3.05, 3.63) is 35.8 Å². The van der Waals surface area contributed by atoms with E-state index >= 15 is 0 Å². The SMILES string of the molecule is COC(=O)c1cccn2c(CN3CCCCCC3)cnc12. The van der Waals surface area contributed by atoms with E-state index in [1.165, 1.54) is 32.8 Å². The summed E-state index contributed by atoms with van der Waals surface area (Å²) in [6, 6.07) is 3.62. The quantitative estimate of drug-likeness (QED) is 0.814. The summed E-state index contributed by atoms with van der Waals surface area (Å²) < 4.78 is 6.81. The molecule has 5 heteroatoms. The van der Waals surface area contributed by atoms with Gasteiger partial charge in [-0.25, -0.2) is 9.78 Å². The molecule has 2 aromatic rings. The molecule has 0 unspecified atom stereocenters. The minimum absolute atomic E-state index is 0.340. The van der Waals surface area contributed by atoms with Crippen molar-refractivity contribution < 1.29 is 9.53 Å². The smallest absolute Gasteiger partial charge is 0.341 e. The summed E-state index contributed by atoms with van der Waals surface area (Å²) in [5.74, 6) is -0.340. The molecule has 21 heavy (non-hydrogen) atoms. The molecule has 0 saturated carbocycles. The van der Waals surface area contributed by atoms with Crippen molar-refractivity contribution in [2.45, 2.75) is 32.2 Å². The van der Waals surface area contributed by atoms with E-state index in [0.717, 1.165) is 25.3 Å². The number of imidazole rings is 1. The van der Waals surface area contributed by atoms with Crippen molar-refractivity contribution in [2.24, 2.45) is 0 Å². The van der Waals surface area contributed by atoms with Gasteiger partial charge in [0.25, 0.3) is 0 Å². The maximum absolute atomic E-state index is 11.8. The third kappa shape index (κ3) is 2.93. The van der Waals surface area contributed by atoms with E-state index in [1.54, 1.807) is 6.07 Å². The number of nitrogens with zero attached hydrogens (tertiary/aromatic N) is 3. The number of hydrogen-bond donors (Lipinski definition) is 0. The van der Waals surface area contributed by atoms with Gasteiger partial charge in [0, 0.05) is 12.7 Å².